The van der Waals surface area contributed by atoms with Gasteiger partial charge in [-0.3, -0.25) is 0 Å². The first-order valence-electron chi connectivity index (χ1n) is 5.15. The average Bonchev–Trinajstić information content (AvgIpc) is 2.16. The van der Waals surface area contributed by atoms with Gasteiger partial charge in [0.25, 0.3) is 0 Å². The number of thioether (sulfide) groups is 1. The summed E-state index contributed by atoms with van der Waals surface area (Å²) in [5, 5.41) is 9.56. The van der Waals surface area contributed by atoms with Crippen LogP contribution in [0.1, 0.15) is 25.8 Å². The van der Waals surface area contributed by atoms with Crippen LogP contribution in [0.4, 0.5) is 0 Å². The molecule has 0 saturated heterocycles. The molecule has 3 heteroatoms. The quantitative estimate of drug-likeness (QED) is 0.756. The SMILES string of the molecule is CC(C)(O)CCSc1cccc(CN)c1. The normalized spacial score (nSPS) is 11.7. The van der Waals surface area contributed by atoms with E-state index >= 15 is 0 Å². The van der Waals surface area contributed by atoms with Crippen molar-refractivity contribution in [3.8, 4) is 0 Å². The highest BCUT2D eigenvalue weighted by molar-refractivity contribution is 7.99. The van der Waals surface area contributed by atoms with Crippen molar-refractivity contribution < 1.29 is 5.11 Å². The smallest absolute Gasteiger partial charge is 0.0599 e. The van der Waals surface area contributed by atoms with Crippen molar-refractivity contribution >= 4 is 11.8 Å². The number of hydrogen-bond donors (Lipinski definition) is 2. The third kappa shape index (κ3) is 5.21. The molecular formula is C12H19NOS. The molecule has 1 aromatic carbocycles. The molecule has 0 atom stereocenters. The Morgan fingerprint density at radius 1 is 1.40 bits per heavy atom. The second kappa shape index (κ2) is 5.54. The van der Waals surface area contributed by atoms with Crippen LogP contribution >= 0.6 is 11.8 Å². The molecule has 0 fully saturated rings. The van der Waals surface area contributed by atoms with Crippen molar-refractivity contribution in [1.82, 2.24) is 0 Å². The van der Waals surface area contributed by atoms with E-state index in [1.54, 1.807) is 11.8 Å². The minimum Gasteiger partial charge on any atom is -0.390 e. The molecule has 3 N–H and O–H groups in total. The van der Waals surface area contributed by atoms with Gasteiger partial charge in [0, 0.05) is 17.2 Å². The minimum atomic E-state index is -0.571. The minimum absolute atomic E-state index is 0.571. The van der Waals surface area contributed by atoms with E-state index in [0.717, 1.165) is 17.7 Å². The summed E-state index contributed by atoms with van der Waals surface area (Å²) in [6.45, 7) is 4.26. The van der Waals surface area contributed by atoms with Crippen molar-refractivity contribution in [1.29, 1.82) is 0 Å². The summed E-state index contributed by atoms with van der Waals surface area (Å²) in [4.78, 5) is 1.22. The molecule has 0 unspecified atom stereocenters. The van der Waals surface area contributed by atoms with E-state index in [2.05, 4.69) is 12.1 Å². The van der Waals surface area contributed by atoms with Crippen molar-refractivity contribution in [2.45, 2.75) is 37.3 Å². The molecule has 1 aromatic rings. The summed E-state index contributed by atoms with van der Waals surface area (Å²) < 4.78 is 0. The van der Waals surface area contributed by atoms with Crippen LogP contribution in [0.15, 0.2) is 29.2 Å². The van der Waals surface area contributed by atoms with Crippen LogP contribution < -0.4 is 5.73 Å². The van der Waals surface area contributed by atoms with Crippen LogP contribution in [0.25, 0.3) is 0 Å². The first-order valence-corrected chi connectivity index (χ1v) is 6.14. The molecular weight excluding hydrogens is 206 g/mol. The van der Waals surface area contributed by atoms with Crippen LogP contribution in [0.2, 0.25) is 0 Å². The fourth-order valence-electron chi connectivity index (χ4n) is 1.18. The Kier molecular flexibility index (Phi) is 4.64. The molecule has 15 heavy (non-hydrogen) atoms. The van der Waals surface area contributed by atoms with Gasteiger partial charge in [0.2, 0.25) is 0 Å². The maximum Gasteiger partial charge on any atom is 0.0599 e. The Morgan fingerprint density at radius 2 is 2.13 bits per heavy atom. The van der Waals surface area contributed by atoms with Gasteiger partial charge >= 0.3 is 0 Å². The zero-order chi connectivity index (χ0) is 11.3. The van der Waals surface area contributed by atoms with E-state index < -0.39 is 5.60 Å². The summed E-state index contributed by atoms with van der Waals surface area (Å²) in [6, 6.07) is 8.23. The highest BCUT2D eigenvalue weighted by atomic mass is 32.2. The first kappa shape index (κ1) is 12.6. The predicted molar refractivity (Wildman–Crippen MR) is 66.0 cm³/mol. The fraction of sp³-hybridized carbons (Fsp3) is 0.500. The lowest BCUT2D eigenvalue weighted by Gasteiger charge is -2.16. The zero-order valence-electron chi connectivity index (χ0n) is 9.36. The van der Waals surface area contributed by atoms with Gasteiger partial charge in [-0.1, -0.05) is 12.1 Å². The Bertz CT molecular complexity index is 307. The third-order valence-corrected chi connectivity index (χ3v) is 3.11. The number of aliphatic hydroxyl groups is 1. The van der Waals surface area contributed by atoms with E-state index in [9.17, 15) is 5.11 Å². The molecule has 0 aliphatic rings. The van der Waals surface area contributed by atoms with Crippen molar-refractivity contribution in [2.75, 3.05) is 5.75 Å². The van der Waals surface area contributed by atoms with Gasteiger partial charge in [-0.25, -0.2) is 0 Å². The molecule has 0 spiro atoms. The molecule has 84 valence electrons. The van der Waals surface area contributed by atoms with Crippen molar-refractivity contribution in [3.63, 3.8) is 0 Å². The Hall–Kier alpha value is -0.510. The lowest BCUT2D eigenvalue weighted by molar-refractivity contribution is 0.0778. The van der Waals surface area contributed by atoms with Crippen molar-refractivity contribution in [3.05, 3.63) is 29.8 Å². The van der Waals surface area contributed by atoms with Gasteiger partial charge in [0.15, 0.2) is 0 Å². The standard InChI is InChI=1S/C12H19NOS/c1-12(2,14)6-7-15-11-5-3-4-10(8-11)9-13/h3-5,8,14H,6-7,9,13H2,1-2H3. The number of hydrogen-bond acceptors (Lipinski definition) is 3. The monoisotopic (exact) mass is 225 g/mol. The summed E-state index contributed by atoms with van der Waals surface area (Å²) in [6.07, 6.45) is 0.796. The molecule has 2 nitrogen and oxygen atoms in total. The maximum absolute atomic E-state index is 9.56. The highest BCUT2D eigenvalue weighted by Crippen LogP contribution is 2.22. The zero-order valence-corrected chi connectivity index (χ0v) is 10.2. The van der Waals surface area contributed by atoms with E-state index in [1.165, 1.54) is 4.90 Å². The largest absolute Gasteiger partial charge is 0.390 e. The Morgan fingerprint density at radius 3 is 2.73 bits per heavy atom. The van der Waals surface area contributed by atoms with E-state index in [4.69, 9.17) is 5.73 Å². The summed E-state index contributed by atoms with van der Waals surface area (Å²) in [7, 11) is 0. The molecule has 0 heterocycles. The second-order valence-electron chi connectivity index (χ2n) is 4.26. The van der Waals surface area contributed by atoms with Crippen LogP contribution in [0, 0.1) is 0 Å². The van der Waals surface area contributed by atoms with Gasteiger partial charge in [-0.05, 0) is 38.0 Å². The van der Waals surface area contributed by atoms with Gasteiger partial charge in [-0.15, -0.1) is 11.8 Å². The molecule has 0 saturated carbocycles. The number of rotatable bonds is 5. The number of nitrogens with two attached hydrogens (primary N) is 1. The fourth-order valence-corrected chi connectivity index (χ4v) is 2.43. The van der Waals surface area contributed by atoms with E-state index in [0.29, 0.717) is 6.54 Å². The summed E-state index contributed by atoms with van der Waals surface area (Å²) >= 11 is 1.76. The first-order chi connectivity index (χ1) is 7.01. The highest BCUT2D eigenvalue weighted by Gasteiger charge is 2.11. The number of benzene rings is 1. The molecule has 0 amide bonds. The molecule has 0 radical (unpaired) electrons. The maximum atomic E-state index is 9.56. The Balaban J connectivity index is 2.44. The predicted octanol–water partition coefficient (Wildman–Crippen LogP) is 2.40. The van der Waals surface area contributed by atoms with Gasteiger partial charge < -0.3 is 10.8 Å². The average molecular weight is 225 g/mol. The summed E-state index contributed by atoms with van der Waals surface area (Å²) in [5.74, 6) is 0.928. The molecule has 0 aromatic heterocycles. The van der Waals surface area contributed by atoms with Crippen LogP contribution in [0.5, 0.6) is 0 Å². The summed E-state index contributed by atoms with van der Waals surface area (Å²) in [5.41, 5.74) is 6.15. The molecule has 0 aliphatic carbocycles. The third-order valence-electron chi connectivity index (χ3n) is 2.12. The topological polar surface area (TPSA) is 46.2 Å². The van der Waals surface area contributed by atoms with E-state index in [1.807, 2.05) is 26.0 Å². The molecule has 0 bridgehead atoms. The molecule has 0 aliphatic heterocycles. The van der Waals surface area contributed by atoms with Crippen LogP contribution in [-0.4, -0.2) is 16.5 Å². The van der Waals surface area contributed by atoms with Crippen LogP contribution in [-0.2, 0) is 6.54 Å². The second-order valence-corrected chi connectivity index (χ2v) is 5.43. The van der Waals surface area contributed by atoms with E-state index in [-0.39, 0.29) is 0 Å². The lowest BCUT2D eigenvalue weighted by Crippen LogP contribution is -2.18. The van der Waals surface area contributed by atoms with Crippen LogP contribution in [0.3, 0.4) is 0 Å². The Labute approximate surface area is 95.9 Å². The molecule has 1 rings (SSSR count). The van der Waals surface area contributed by atoms with Gasteiger partial charge in [0.05, 0.1) is 5.60 Å². The lowest BCUT2D eigenvalue weighted by atomic mass is 10.1. The van der Waals surface area contributed by atoms with Gasteiger partial charge in [0.1, 0.15) is 0 Å². The van der Waals surface area contributed by atoms with Crippen molar-refractivity contribution in [2.24, 2.45) is 5.73 Å². The van der Waals surface area contributed by atoms with Gasteiger partial charge in [-0.2, -0.15) is 0 Å².